The lowest BCUT2D eigenvalue weighted by molar-refractivity contribution is -0.137. The quantitative estimate of drug-likeness (QED) is 0.461. The molecule has 2 unspecified atom stereocenters. The van der Waals surface area contributed by atoms with Gasteiger partial charge in [-0.15, -0.1) is 0 Å². The molecular weight excluding hydrogens is 362 g/mol. The van der Waals surface area contributed by atoms with Crippen LogP contribution in [0.5, 0.6) is 0 Å². The van der Waals surface area contributed by atoms with Crippen LogP contribution in [-0.4, -0.2) is 25.5 Å². The zero-order chi connectivity index (χ0) is 19.7. The van der Waals surface area contributed by atoms with Crippen LogP contribution in [0.25, 0.3) is 6.08 Å². The van der Waals surface area contributed by atoms with Gasteiger partial charge in [-0.2, -0.15) is 0 Å². The van der Waals surface area contributed by atoms with Gasteiger partial charge in [-0.25, -0.2) is 13.1 Å². The smallest absolute Gasteiger partial charge is 0.303 e. The molecule has 0 amide bonds. The van der Waals surface area contributed by atoms with Crippen LogP contribution in [0, 0.1) is 12.8 Å². The molecule has 1 aliphatic carbocycles. The highest BCUT2D eigenvalue weighted by molar-refractivity contribution is 7.92. The van der Waals surface area contributed by atoms with Crippen LogP contribution in [0.4, 0.5) is 0 Å². The molecule has 0 saturated heterocycles. The minimum absolute atomic E-state index is 0.0409. The largest absolute Gasteiger partial charge is 0.481 e. The lowest BCUT2D eigenvalue weighted by Crippen LogP contribution is -2.36. The van der Waals surface area contributed by atoms with Gasteiger partial charge in [-0.1, -0.05) is 48.4 Å². The number of benzene rings is 1. The van der Waals surface area contributed by atoms with Crippen LogP contribution in [0.15, 0.2) is 41.8 Å². The number of aryl methyl sites for hydroxylation is 1. The fraction of sp³-hybridized carbons (Fsp3) is 0.476. The van der Waals surface area contributed by atoms with Gasteiger partial charge in [0.25, 0.3) is 0 Å². The summed E-state index contributed by atoms with van der Waals surface area (Å²) in [5.41, 5.74) is 1.96. The number of hydrogen-bond acceptors (Lipinski definition) is 3. The van der Waals surface area contributed by atoms with Crippen LogP contribution < -0.4 is 4.72 Å². The van der Waals surface area contributed by atoms with Gasteiger partial charge in [-0.3, -0.25) is 4.79 Å². The zero-order valence-corrected chi connectivity index (χ0v) is 16.6. The van der Waals surface area contributed by atoms with E-state index in [2.05, 4.69) is 10.8 Å². The molecule has 2 rings (SSSR count). The predicted octanol–water partition coefficient (Wildman–Crippen LogP) is 4.26. The molecule has 2 atom stereocenters. The minimum Gasteiger partial charge on any atom is -0.481 e. The molecule has 2 N–H and O–H groups in total. The number of allylic oxidation sites excluding steroid dienone is 2. The standard InChI is InChI=1S/C21H29NO4S/c1-17-8-6-9-18(16-17)14-15-27(25,26)22-20-12-7-11-19(20)10-4-2-3-5-13-21(23)24/h2,4,6,8-9,14-16,19-20,22H,3,5,7,10-13H2,1H3,(H,23,24)/b4-2+,15-14+. The predicted molar refractivity (Wildman–Crippen MR) is 109 cm³/mol. The summed E-state index contributed by atoms with van der Waals surface area (Å²) >= 11 is 0. The van der Waals surface area contributed by atoms with Gasteiger partial charge >= 0.3 is 5.97 Å². The third-order valence-electron chi connectivity index (χ3n) is 4.82. The maximum absolute atomic E-state index is 12.4. The topological polar surface area (TPSA) is 83.5 Å². The van der Waals surface area contributed by atoms with Crippen LogP contribution >= 0.6 is 0 Å². The molecule has 6 heteroatoms. The van der Waals surface area contributed by atoms with E-state index in [1.54, 1.807) is 6.08 Å². The number of nitrogens with one attached hydrogen (secondary N) is 1. The van der Waals surface area contributed by atoms with Gasteiger partial charge in [-0.05, 0) is 56.6 Å². The molecule has 1 aromatic rings. The van der Waals surface area contributed by atoms with Crippen molar-refractivity contribution >= 4 is 22.1 Å². The first-order chi connectivity index (χ1) is 12.9. The first kappa shape index (κ1) is 21.4. The molecular formula is C21H29NO4S. The molecule has 148 valence electrons. The molecule has 1 fully saturated rings. The lowest BCUT2D eigenvalue weighted by atomic mass is 10.00. The van der Waals surface area contributed by atoms with Crippen molar-refractivity contribution in [1.82, 2.24) is 4.72 Å². The van der Waals surface area contributed by atoms with Gasteiger partial charge in [0.2, 0.25) is 10.0 Å². The summed E-state index contributed by atoms with van der Waals surface area (Å²) in [6.45, 7) is 1.97. The molecule has 0 spiro atoms. The van der Waals surface area contributed by atoms with Crippen molar-refractivity contribution in [3.05, 3.63) is 53.0 Å². The van der Waals surface area contributed by atoms with Crippen molar-refractivity contribution in [1.29, 1.82) is 0 Å². The SMILES string of the molecule is Cc1cccc(/C=C/S(=O)(=O)NC2CCCC2C/C=C/CCCC(=O)O)c1. The molecule has 0 aromatic heterocycles. The van der Waals surface area contributed by atoms with Gasteiger partial charge in [0.15, 0.2) is 0 Å². The summed E-state index contributed by atoms with van der Waals surface area (Å²) in [6.07, 6.45) is 11.0. The Morgan fingerprint density at radius 1 is 1.30 bits per heavy atom. The average molecular weight is 392 g/mol. The summed E-state index contributed by atoms with van der Waals surface area (Å²) in [5.74, 6) is -0.477. The van der Waals surface area contributed by atoms with E-state index >= 15 is 0 Å². The fourth-order valence-corrected chi connectivity index (χ4v) is 4.57. The number of sulfonamides is 1. The van der Waals surface area contributed by atoms with Crippen LogP contribution in [0.1, 0.15) is 56.1 Å². The normalized spacial score (nSPS) is 20.6. The molecule has 1 aromatic carbocycles. The Labute approximate surface area is 162 Å². The number of aliphatic carboxylic acids is 1. The Hall–Kier alpha value is -1.92. The van der Waals surface area contributed by atoms with Gasteiger partial charge in [0, 0.05) is 17.9 Å². The summed E-state index contributed by atoms with van der Waals surface area (Å²) in [4.78, 5) is 10.5. The van der Waals surface area contributed by atoms with Crippen LogP contribution in [0.2, 0.25) is 0 Å². The van der Waals surface area contributed by atoms with E-state index in [-0.39, 0.29) is 12.5 Å². The second-order valence-corrected chi connectivity index (χ2v) is 8.77. The summed E-state index contributed by atoms with van der Waals surface area (Å²) in [6, 6.07) is 7.67. The summed E-state index contributed by atoms with van der Waals surface area (Å²) in [7, 11) is -3.48. The maximum Gasteiger partial charge on any atom is 0.303 e. The van der Waals surface area contributed by atoms with E-state index in [1.165, 1.54) is 5.41 Å². The van der Waals surface area contributed by atoms with Crippen molar-refractivity contribution in [3.63, 3.8) is 0 Å². The van der Waals surface area contributed by atoms with Crippen LogP contribution in [-0.2, 0) is 14.8 Å². The lowest BCUT2D eigenvalue weighted by Gasteiger charge is -2.18. The third-order valence-corrected chi connectivity index (χ3v) is 5.95. The van der Waals surface area contributed by atoms with E-state index in [0.717, 1.165) is 43.2 Å². The Morgan fingerprint density at radius 3 is 2.85 bits per heavy atom. The molecule has 1 aliphatic rings. The van der Waals surface area contributed by atoms with Crippen molar-refractivity contribution in [2.75, 3.05) is 0 Å². The molecule has 1 saturated carbocycles. The van der Waals surface area contributed by atoms with E-state index in [1.807, 2.05) is 37.3 Å². The number of hydrogen-bond donors (Lipinski definition) is 2. The second kappa shape index (κ2) is 10.4. The summed E-state index contributed by atoms with van der Waals surface area (Å²) in [5, 5.41) is 9.87. The Morgan fingerprint density at radius 2 is 2.11 bits per heavy atom. The maximum atomic E-state index is 12.4. The number of carbonyl (C=O) groups is 1. The number of carboxylic acids is 1. The monoisotopic (exact) mass is 391 g/mol. The van der Waals surface area contributed by atoms with Crippen molar-refractivity contribution in [3.8, 4) is 0 Å². The second-order valence-electron chi connectivity index (χ2n) is 7.17. The molecule has 27 heavy (non-hydrogen) atoms. The van der Waals surface area contributed by atoms with Crippen LogP contribution in [0.3, 0.4) is 0 Å². The highest BCUT2D eigenvalue weighted by Gasteiger charge is 2.28. The Bertz CT molecular complexity index is 783. The molecule has 0 aliphatic heterocycles. The van der Waals surface area contributed by atoms with Gasteiger partial charge in [0.1, 0.15) is 0 Å². The third kappa shape index (κ3) is 8.10. The van der Waals surface area contributed by atoms with E-state index in [0.29, 0.717) is 12.3 Å². The first-order valence-electron chi connectivity index (χ1n) is 9.49. The molecule has 0 heterocycles. The van der Waals surface area contributed by atoms with Gasteiger partial charge in [0.05, 0.1) is 0 Å². The fourth-order valence-electron chi connectivity index (χ4n) is 3.43. The zero-order valence-electron chi connectivity index (χ0n) is 15.8. The number of carboxylic acid groups (broad SMARTS) is 1. The first-order valence-corrected chi connectivity index (χ1v) is 11.0. The van der Waals surface area contributed by atoms with Crippen molar-refractivity contribution < 1.29 is 18.3 Å². The summed E-state index contributed by atoms with van der Waals surface area (Å²) < 4.78 is 27.6. The average Bonchev–Trinajstić information content (AvgIpc) is 3.02. The Kier molecular flexibility index (Phi) is 8.25. The molecule has 5 nitrogen and oxygen atoms in total. The minimum atomic E-state index is -3.48. The number of unbranched alkanes of at least 4 members (excludes halogenated alkanes) is 1. The van der Waals surface area contributed by atoms with E-state index in [4.69, 9.17) is 5.11 Å². The molecule has 0 bridgehead atoms. The van der Waals surface area contributed by atoms with E-state index < -0.39 is 16.0 Å². The highest BCUT2D eigenvalue weighted by Crippen LogP contribution is 2.29. The highest BCUT2D eigenvalue weighted by atomic mass is 32.2. The van der Waals surface area contributed by atoms with Gasteiger partial charge < -0.3 is 5.11 Å². The number of rotatable bonds is 10. The Balaban J connectivity index is 1.85. The van der Waals surface area contributed by atoms with E-state index in [9.17, 15) is 13.2 Å². The molecule has 0 radical (unpaired) electrons. The van der Waals surface area contributed by atoms with Crippen molar-refractivity contribution in [2.24, 2.45) is 5.92 Å². The van der Waals surface area contributed by atoms with Crippen molar-refractivity contribution in [2.45, 2.75) is 57.9 Å².